The number of hydrogen-bond donors (Lipinski definition) is 2. The van der Waals surface area contributed by atoms with Crippen LogP contribution < -0.4 is 11.1 Å². The molecule has 0 radical (unpaired) electrons. The predicted molar refractivity (Wildman–Crippen MR) is 73.7 cm³/mol. The summed E-state index contributed by atoms with van der Waals surface area (Å²) in [6.07, 6.45) is 1.75. The van der Waals surface area contributed by atoms with Gasteiger partial charge in [-0.2, -0.15) is 0 Å². The van der Waals surface area contributed by atoms with Crippen molar-refractivity contribution in [2.45, 2.75) is 18.9 Å². The third kappa shape index (κ3) is 4.09. The quantitative estimate of drug-likeness (QED) is 0.775. The fraction of sp³-hybridized carbons (Fsp3) is 0.400. The van der Waals surface area contributed by atoms with Crippen molar-refractivity contribution < 1.29 is 9.53 Å². The maximum Gasteiger partial charge on any atom is 0.251 e. The molecular weight excluding hydrogens is 240 g/mol. The summed E-state index contributed by atoms with van der Waals surface area (Å²) >= 11 is 0. The SMILES string of the molecule is NCC#Cc1cccc(C(=O)NC2CCOCC2)c1. The fourth-order valence-electron chi connectivity index (χ4n) is 2.00. The molecule has 4 heteroatoms. The molecule has 1 aromatic rings. The van der Waals surface area contributed by atoms with Gasteiger partial charge in [0.25, 0.3) is 5.91 Å². The first-order valence-corrected chi connectivity index (χ1v) is 6.47. The molecule has 1 aliphatic rings. The van der Waals surface area contributed by atoms with Crippen molar-refractivity contribution in [2.75, 3.05) is 19.8 Å². The second kappa shape index (κ2) is 6.93. The van der Waals surface area contributed by atoms with Gasteiger partial charge in [-0.25, -0.2) is 0 Å². The molecule has 0 unspecified atom stereocenters. The van der Waals surface area contributed by atoms with Crippen LogP contribution in [-0.2, 0) is 4.74 Å². The van der Waals surface area contributed by atoms with Crippen LogP contribution in [0, 0.1) is 11.8 Å². The average Bonchev–Trinajstić information content (AvgIpc) is 2.46. The van der Waals surface area contributed by atoms with E-state index in [9.17, 15) is 4.79 Å². The highest BCUT2D eigenvalue weighted by Crippen LogP contribution is 2.09. The molecule has 4 nitrogen and oxygen atoms in total. The number of nitrogens with one attached hydrogen (secondary N) is 1. The van der Waals surface area contributed by atoms with Gasteiger partial charge in [0.05, 0.1) is 6.54 Å². The number of nitrogens with two attached hydrogens (primary N) is 1. The molecule has 1 aromatic carbocycles. The molecule has 1 aliphatic heterocycles. The second-order valence-corrected chi connectivity index (χ2v) is 4.45. The molecule has 0 saturated carbocycles. The van der Waals surface area contributed by atoms with Crippen molar-refractivity contribution in [3.63, 3.8) is 0 Å². The Morgan fingerprint density at radius 3 is 2.95 bits per heavy atom. The summed E-state index contributed by atoms with van der Waals surface area (Å²) in [4.78, 5) is 12.1. The van der Waals surface area contributed by atoms with Crippen molar-refractivity contribution >= 4 is 5.91 Å². The van der Waals surface area contributed by atoms with Gasteiger partial charge in [0.1, 0.15) is 0 Å². The van der Waals surface area contributed by atoms with Crippen molar-refractivity contribution in [2.24, 2.45) is 5.73 Å². The van der Waals surface area contributed by atoms with Gasteiger partial charge >= 0.3 is 0 Å². The number of ether oxygens (including phenoxy) is 1. The monoisotopic (exact) mass is 258 g/mol. The molecule has 0 aromatic heterocycles. The van der Waals surface area contributed by atoms with E-state index in [4.69, 9.17) is 10.5 Å². The molecule has 100 valence electrons. The van der Waals surface area contributed by atoms with E-state index in [-0.39, 0.29) is 11.9 Å². The number of rotatable bonds is 2. The molecule has 0 bridgehead atoms. The van der Waals surface area contributed by atoms with Gasteiger partial charge in [0, 0.05) is 30.4 Å². The minimum absolute atomic E-state index is 0.0525. The molecule has 1 heterocycles. The number of benzene rings is 1. The number of amides is 1. The molecule has 1 saturated heterocycles. The highest BCUT2D eigenvalue weighted by Gasteiger charge is 2.16. The van der Waals surface area contributed by atoms with Crippen molar-refractivity contribution in [1.29, 1.82) is 0 Å². The van der Waals surface area contributed by atoms with E-state index in [1.54, 1.807) is 12.1 Å². The van der Waals surface area contributed by atoms with Crippen LogP contribution in [0.5, 0.6) is 0 Å². The van der Waals surface area contributed by atoms with Gasteiger partial charge in [0.2, 0.25) is 0 Å². The van der Waals surface area contributed by atoms with E-state index < -0.39 is 0 Å². The summed E-state index contributed by atoms with van der Waals surface area (Å²) in [7, 11) is 0. The lowest BCUT2D eigenvalue weighted by Gasteiger charge is -2.23. The molecule has 19 heavy (non-hydrogen) atoms. The van der Waals surface area contributed by atoms with Gasteiger partial charge in [-0.3, -0.25) is 4.79 Å². The van der Waals surface area contributed by atoms with E-state index in [0.717, 1.165) is 18.4 Å². The van der Waals surface area contributed by atoms with Gasteiger partial charge in [-0.1, -0.05) is 17.9 Å². The zero-order chi connectivity index (χ0) is 13.5. The first-order chi connectivity index (χ1) is 9.29. The summed E-state index contributed by atoms with van der Waals surface area (Å²) in [5.74, 6) is 5.66. The zero-order valence-corrected chi connectivity index (χ0v) is 10.8. The third-order valence-electron chi connectivity index (χ3n) is 3.02. The Hall–Kier alpha value is -1.83. The second-order valence-electron chi connectivity index (χ2n) is 4.45. The summed E-state index contributed by atoms with van der Waals surface area (Å²) in [5, 5.41) is 3.03. The van der Waals surface area contributed by atoms with Gasteiger partial charge in [-0.05, 0) is 31.0 Å². The molecule has 1 amide bonds. The highest BCUT2D eigenvalue weighted by molar-refractivity contribution is 5.94. The van der Waals surface area contributed by atoms with Crippen LogP contribution in [0.1, 0.15) is 28.8 Å². The van der Waals surface area contributed by atoms with Crippen LogP contribution in [0.15, 0.2) is 24.3 Å². The van der Waals surface area contributed by atoms with Gasteiger partial charge in [-0.15, -0.1) is 0 Å². The minimum Gasteiger partial charge on any atom is -0.381 e. The highest BCUT2D eigenvalue weighted by atomic mass is 16.5. The first-order valence-electron chi connectivity index (χ1n) is 6.47. The van der Waals surface area contributed by atoms with E-state index >= 15 is 0 Å². The largest absolute Gasteiger partial charge is 0.381 e. The summed E-state index contributed by atoms with van der Waals surface area (Å²) in [6, 6.07) is 7.49. The van der Waals surface area contributed by atoms with Gasteiger partial charge in [0.15, 0.2) is 0 Å². The van der Waals surface area contributed by atoms with Crippen LogP contribution in [-0.4, -0.2) is 31.7 Å². The Morgan fingerprint density at radius 1 is 1.42 bits per heavy atom. The zero-order valence-electron chi connectivity index (χ0n) is 10.8. The molecule has 1 fully saturated rings. The Labute approximate surface area is 113 Å². The molecule has 0 atom stereocenters. The molecule has 3 N–H and O–H groups in total. The Morgan fingerprint density at radius 2 is 2.21 bits per heavy atom. The van der Waals surface area contributed by atoms with Crippen LogP contribution in [0.3, 0.4) is 0 Å². The lowest BCUT2D eigenvalue weighted by Crippen LogP contribution is -2.38. The van der Waals surface area contributed by atoms with Crippen LogP contribution >= 0.6 is 0 Å². The lowest BCUT2D eigenvalue weighted by molar-refractivity contribution is 0.0696. The predicted octanol–water partition coefficient (Wildman–Crippen LogP) is 0.906. The number of carbonyl (C=O) groups is 1. The maximum absolute atomic E-state index is 12.1. The van der Waals surface area contributed by atoms with E-state index in [2.05, 4.69) is 17.2 Å². The Balaban J connectivity index is 2.01. The normalized spacial score (nSPS) is 15.4. The first kappa shape index (κ1) is 13.6. The van der Waals surface area contributed by atoms with E-state index in [1.807, 2.05) is 12.1 Å². The van der Waals surface area contributed by atoms with E-state index in [0.29, 0.717) is 25.3 Å². The minimum atomic E-state index is -0.0525. The Kier molecular flexibility index (Phi) is 4.96. The average molecular weight is 258 g/mol. The van der Waals surface area contributed by atoms with Crippen molar-refractivity contribution in [3.8, 4) is 11.8 Å². The standard InChI is InChI=1S/C15H18N2O2/c16-8-2-4-12-3-1-5-13(11-12)15(18)17-14-6-9-19-10-7-14/h1,3,5,11,14H,6-10,16H2,(H,17,18). The smallest absolute Gasteiger partial charge is 0.251 e. The fourth-order valence-corrected chi connectivity index (χ4v) is 2.00. The number of hydrogen-bond acceptors (Lipinski definition) is 3. The summed E-state index contributed by atoms with van der Waals surface area (Å²) in [5.41, 5.74) is 6.78. The molecule has 0 spiro atoms. The third-order valence-corrected chi connectivity index (χ3v) is 3.02. The van der Waals surface area contributed by atoms with Crippen molar-refractivity contribution in [1.82, 2.24) is 5.32 Å². The van der Waals surface area contributed by atoms with Gasteiger partial charge < -0.3 is 15.8 Å². The topological polar surface area (TPSA) is 64.4 Å². The number of carbonyl (C=O) groups excluding carboxylic acids is 1. The van der Waals surface area contributed by atoms with Crippen molar-refractivity contribution in [3.05, 3.63) is 35.4 Å². The molecule has 2 rings (SSSR count). The Bertz CT molecular complexity index is 496. The maximum atomic E-state index is 12.1. The van der Waals surface area contributed by atoms with E-state index in [1.165, 1.54) is 0 Å². The summed E-state index contributed by atoms with van der Waals surface area (Å²) in [6.45, 7) is 1.75. The van der Waals surface area contributed by atoms with Crippen LogP contribution in [0.4, 0.5) is 0 Å². The van der Waals surface area contributed by atoms with Crippen LogP contribution in [0.25, 0.3) is 0 Å². The summed E-state index contributed by atoms with van der Waals surface area (Å²) < 4.78 is 5.27. The molecule has 0 aliphatic carbocycles. The molecular formula is C15H18N2O2. The lowest BCUT2D eigenvalue weighted by atomic mass is 10.1. The van der Waals surface area contributed by atoms with Crippen LogP contribution in [0.2, 0.25) is 0 Å².